The van der Waals surface area contributed by atoms with E-state index in [4.69, 9.17) is 4.42 Å². The fraction of sp³-hybridized carbons (Fsp3) is 0.333. The van der Waals surface area contributed by atoms with E-state index in [9.17, 15) is 14.0 Å². The topological polar surface area (TPSA) is 62.6 Å². The second-order valence-corrected chi connectivity index (χ2v) is 6.48. The zero-order valence-electron chi connectivity index (χ0n) is 13.2. The number of nitrogens with zero attached hydrogens (tertiary/aromatic N) is 1. The molecule has 2 bridgehead atoms. The van der Waals surface area contributed by atoms with Gasteiger partial charge in [0, 0.05) is 23.8 Å². The lowest BCUT2D eigenvalue weighted by Gasteiger charge is -2.35. The minimum absolute atomic E-state index is 0.111. The van der Waals surface area contributed by atoms with Crippen LogP contribution in [0.5, 0.6) is 0 Å². The lowest BCUT2D eigenvalue weighted by atomic mass is 9.73. The molecule has 1 saturated carbocycles. The van der Waals surface area contributed by atoms with Gasteiger partial charge in [0.1, 0.15) is 5.82 Å². The Bertz CT molecular complexity index is 816. The molecule has 1 aliphatic carbocycles. The number of carbonyl (C=O) groups excluding carboxylic acids is 2. The molecule has 2 amide bonds. The maximum absolute atomic E-state index is 13.2. The second kappa shape index (κ2) is 5.47. The van der Waals surface area contributed by atoms with Gasteiger partial charge in [-0.05, 0) is 43.5 Å². The van der Waals surface area contributed by atoms with Gasteiger partial charge in [-0.25, -0.2) is 4.39 Å². The van der Waals surface area contributed by atoms with Crippen molar-refractivity contribution in [2.75, 3.05) is 11.9 Å². The summed E-state index contributed by atoms with van der Waals surface area (Å²) in [5.41, 5.74) is 1.23. The molecule has 2 aromatic rings. The first-order valence-electron chi connectivity index (χ1n) is 7.96. The van der Waals surface area contributed by atoms with Gasteiger partial charge in [-0.15, -0.1) is 0 Å². The van der Waals surface area contributed by atoms with Crippen molar-refractivity contribution in [3.63, 3.8) is 0 Å². The molecular formula is C18H17FN2O3. The quantitative estimate of drug-likeness (QED) is 0.942. The SMILES string of the molecule is Cc1ccoc1C(=O)N1C[C@H]2C[C@H]1[C@@H]2C(=O)Nc1cccc(F)c1. The van der Waals surface area contributed by atoms with Crippen LogP contribution < -0.4 is 5.32 Å². The number of benzene rings is 1. The van der Waals surface area contributed by atoms with Gasteiger partial charge in [-0.3, -0.25) is 9.59 Å². The normalized spacial score (nSPS) is 24.6. The van der Waals surface area contributed by atoms with E-state index in [1.54, 1.807) is 23.1 Å². The standard InChI is InChI=1S/C18H17FN2O3/c1-10-5-6-24-16(10)18(23)21-9-11-7-14(21)15(11)17(22)20-13-4-2-3-12(19)8-13/h2-6,8,11,14-15H,7,9H2,1H3,(H,20,22)/t11-,14+,15-/m1/s1. The van der Waals surface area contributed by atoms with Crippen LogP contribution in [0.2, 0.25) is 0 Å². The fourth-order valence-corrected chi connectivity index (χ4v) is 3.76. The largest absolute Gasteiger partial charge is 0.459 e. The van der Waals surface area contributed by atoms with Crippen molar-refractivity contribution in [3.05, 3.63) is 53.7 Å². The zero-order valence-corrected chi connectivity index (χ0v) is 13.2. The van der Waals surface area contributed by atoms with Crippen molar-refractivity contribution in [2.45, 2.75) is 19.4 Å². The first kappa shape index (κ1) is 14.9. The molecule has 1 aromatic heterocycles. The number of amides is 2. The van der Waals surface area contributed by atoms with Crippen molar-refractivity contribution < 1.29 is 18.4 Å². The number of hydrogen-bond donors (Lipinski definition) is 1. The zero-order chi connectivity index (χ0) is 16.8. The van der Waals surface area contributed by atoms with Gasteiger partial charge in [0.15, 0.2) is 5.76 Å². The number of rotatable bonds is 3. The van der Waals surface area contributed by atoms with Gasteiger partial charge in [0.05, 0.1) is 12.2 Å². The van der Waals surface area contributed by atoms with Crippen LogP contribution in [0.1, 0.15) is 22.5 Å². The maximum Gasteiger partial charge on any atom is 0.290 e. The van der Waals surface area contributed by atoms with Crippen LogP contribution in [0.25, 0.3) is 0 Å². The molecule has 2 saturated heterocycles. The fourth-order valence-electron chi connectivity index (χ4n) is 3.76. The van der Waals surface area contributed by atoms with Crippen molar-refractivity contribution in [1.29, 1.82) is 0 Å². The number of hydrogen-bond acceptors (Lipinski definition) is 3. The predicted octanol–water partition coefficient (Wildman–Crippen LogP) is 2.83. The predicted molar refractivity (Wildman–Crippen MR) is 84.9 cm³/mol. The van der Waals surface area contributed by atoms with Gasteiger partial charge < -0.3 is 14.6 Å². The summed E-state index contributed by atoms with van der Waals surface area (Å²) in [5, 5.41) is 2.75. The highest BCUT2D eigenvalue weighted by Gasteiger charge is 2.57. The molecule has 3 atom stereocenters. The van der Waals surface area contributed by atoms with Gasteiger partial charge in [-0.1, -0.05) is 6.07 Å². The van der Waals surface area contributed by atoms with Crippen molar-refractivity contribution in [3.8, 4) is 0 Å². The van der Waals surface area contributed by atoms with Crippen LogP contribution >= 0.6 is 0 Å². The van der Waals surface area contributed by atoms with Crippen LogP contribution in [0, 0.1) is 24.6 Å². The Morgan fingerprint density at radius 1 is 1.33 bits per heavy atom. The third kappa shape index (κ3) is 2.29. The van der Waals surface area contributed by atoms with Crippen LogP contribution in [-0.4, -0.2) is 29.3 Å². The average Bonchev–Trinajstić information content (AvgIpc) is 3.20. The first-order valence-corrected chi connectivity index (χ1v) is 7.96. The first-order chi connectivity index (χ1) is 11.5. The van der Waals surface area contributed by atoms with Gasteiger partial charge in [0.2, 0.25) is 5.91 Å². The van der Waals surface area contributed by atoms with Crippen LogP contribution in [-0.2, 0) is 4.79 Å². The number of carbonyl (C=O) groups is 2. The Balaban J connectivity index is 1.47. The number of nitrogens with one attached hydrogen (secondary N) is 1. The Hall–Kier alpha value is -2.63. The van der Waals surface area contributed by atoms with E-state index in [1.165, 1.54) is 18.4 Å². The Morgan fingerprint density at radius 2 is 2.17 bits per heavy atom. The van der Waals surface area contributed by atoms with Crippen molar-refractivity contribution in [1.82, 2.24) is 4.90 Å². The van der Waals surface area contributed by atoms with Crippen molar-refractivity contribution >= 4 is 17.5 Å². The minimum atomic E-state index is -0.394. The molecule has 3 fully saturated rings. The minimum Gasteiger partial charge on any atom is -0.459 e. The Kier molecular flexibility index (Phi) is 3.40. The van der Waals surface area contributed by atoms with E-state index >= 15 is 0 Å². The van der Waals surface area contributed by atoms with Gasteiger partial charge in [0.25, 0.3) is 5.91 Å². The Morgan fingerprint density at radius 3 is 2.88 bits per heavy atom. The molecule has 1 aromatic carbocycles. The average molecular weight is 328 g/mol. The smallest absolute Gasteiger partial charge is 0.290 e. The van der Waals surface area contributed by atoms with E-state index in [-0.39, 0.29) is 29.7 Å². The van der Waals surface area contributed by atoms with Gasteiger partial charge >= 0.3 is 0 Å². The summed E-state index contributed by atoms with van der Waals surface area (Å²) >= 11 is 0. The monoisotopic (exact) mass is 328 g/mol. The number of furan rings is 1. The lowest BCUT2D eigenvalue weighted by molar-refractivity contribution is -0.124. The van der Waals surface area contributed by atoms with E-state index in [1.807, 2.05) is 6.92 Å². The second-order valence-electron chi connectivity index (χ2n) is 6.48. The number of aryl methyl sites for hydroxylation is 1. The molecular weight excluding hydrogens is 311 g/mol. The summed E-state index contributed by atoms with van der Waals surface area (Å²) in [7, 11) is 0. The number of fused-ring (bicyclic) bond motifs is 1. The molecule has 3 heterocycles. The highest BCUT2D eigenvalue weighted by atomic mass is 19.1. The molecule has 3 aliphatic rings. The third-order valence-electron chi connectivity index (χ3n) is 5.01. The summed E-state index contributed by atoms with van der Waals surface area (Å²) in [5.74, 6) is -0.462. The van der Waals surface area contributed by atoms with Crippen LogP contribution in [0.15, 0.2) is 41.0 Å². The van der Waals surface area contributed by atoms with E-state index in [0.717, 1.165) is 12.0 Å². The van der Waals surface area contributed by atoms with Crippen LogP contribution in [0.4, 0.5) is 10.1 Å². The highest BCUT2D eigenvalue weighted by Crippen LogP contribution is 2.47. The van der Waals surface area contributed by atoms with Gasteiger partial charge in [-0.2, -0.15) is 0 Å². The molecule has 5 rings (SSSR count). The highest BCUT2D eigenvalue weighted by molar-refractivity contribution is 5.97. The molecule has 24 heavy (non-hydrogen) atoms. The summed E-state index contributed by atoms with van der Waals surface area (Å²) < 4.78 is 18.5. The number of anilines is 1. The molecule has 2 aliphatic heterocycles. The Labute approximate surface area is 138 Å². The van der Waals surface area contributed by atoms with E-state index in [2.05, 4.69) is 5.32 Å². The van der Waals surface area contributed by atoms with E-state index in [0.29, 0.717) is 18.0 Å². The number of halogens is 1. The lowest BCUT2D eigenvalue weighted by Crippen LogP contribution is -2.47. The summed E-state index contributed by atoms with van der Waals surface area (Å²) in [6, 6.07) is 7.46. The summed E-state index contributed by atoms with van der Waals surface area (Å²) in [6.07, 6.45) is 2.32. The maximum atomic E-state index is 13.2. The molecule has 0 radical (unpaired) electrons. The van der Waals surface area contributed by atoms with E-state index < -0.39 is 5.82 Å². The third-order valence-corrected chi connectivity index (χ3v) is 5.01. The van der Waals surface area contributed by atoms with Crippen LogP contribution in [0.3, 0.4) is 0 Å². The molecule has 5 nitrogen and oxygen atoms in total. The molecule has 0 unspecified atom stereocenters. The molecule has 1 N–H and O–H groups in total. The molecule has 0 spiro atoms. The summed E-state index contributed by atoms with van der Waals surface area (Å²) in [4.78, 5) is 26.8. The molecule has 6 heteroatoms. The summed E-state index contributed by atoms with van der Waals surface area (Å²) in [6.45, 7) is 2.39. The molecule has 124 valence electrons. The van der Waals surface area contributed by atoms with Crippen molar-refractivity contribution in [2.24, 2.45) is 11.8 Å².